The first-order valence-electron chi connectivity index (χ1n) is 6.10. The molecule has 0 aliphatic rings. The van der Waals surface area contributed by atoms with Crippen LogP contribution in [0.4, 0.5) is 4.39 Å². The zero-order valence-electron chi connectivity index (χ0n) is 11.1. The predicted molar refractivity (Wildman–Crippen MR) is 72.7 cm³/mol. The van der Waals surface area contributed by atoms with E-state index in [1.165, 1.54) is 25.2 Å². The number of aromatic nitrogens is 2. The van der Waals surface area contributed by atoms with Crippen LogP contribution in [0, 0.1) is 5.82 Å². The summed E-state index contributed by atoms with van der Waals surface area (Å²) in [6.07, 6.45) is 0. The van der Waals surface area contributed by atoms with Gasteiger partial charge in [-0.2, -0.15) is 5.10 Å². The van der Waals surface area contributed by atoms with Gasteiger partial charge in [0.25, 0.3) is 5.56 Å². The monoisotopic (exact) mass is 275 g/mol. The summed E-state index contributed by atoms with van der Waals surface area (Å²) in [4.78, 5) is 23.4. The fraction of sp³-hybridized carbons (Fsp3) is 0.214. The minimum absolute atomic E-state index is 0.309. The lowest BCUT2D eigenvalue weighted by atomic mass is 10.1. The zero-order valence-corrected chi connectivity index (χ0v) is 11.1. The SMILES string of the molecule is CNC(=O)C(C)n1nc(-c2ccc(F)cc2)ccc1=O. The van der Waals surface area contributed by atoms with Crippen molar-refractivity contribution in [1.29, 1.82) is 0 Å². The Morgan fingerprint density at radius 2 is 1.90 bits per heavy atom. The van der Waals surface area contributed by atoms with E-state index in [4.69, 9.17) is 0 Å². The molecule has 0 aliphatic heterocycles. The van der Waals surface area contributed by atoms with Crippen molar-refractivity contribution in [2.75, 3.05) is 7.05 Å². The van der Waals surface area contributed by atoms with E-state index >= 15 is 0 Å². The van der Waals surface area contributed by atoms with Crippen LogP contribution in [-0.4, -0.2) is 22.7 Å². The smallest absolute Gasteiger partial charge is 0.267 e. The Hall–Kier alpha value is -2.50. The summed E-state index contributed by atoms with van der Waals surface area (Å²) in [7, 11) is 1.49. The molecule has 20 heavy (non-hydrogen) atoms. The van der Waals surface area contributed by atoms with Gasteiger partial charge in [-0.15, -0.1) is 0 Å². The molecule has 104 valence electrons. The fourth-order valence-corrected chi connectivity index (χ4v) is 1.80. The Balaban J connectivity index is 2.45. The lowest BCUT2D eigenvalue weighted by Crippen LogP contribution is -2.35. The van der Waals surface area contributed by atoms with Gasteiger partial charge in [0.1, 0.15) is 11.9 Å². The molecule has 0 saturated carbocycles. The molecule has 1 heterocycles. The molecule has 0 saturated heterocycles. The van der Waals surface area contributed by atoms with E-state index in [2.05, 4.69) is 10.4 Å². The van der Waals surface area contributed by atoms with Gasteiger partial charge in [0.15, 0.2) is 0 Å². The van der Waals surface area contributed by atoms with Crippen molar-refractivity contribution in [3.63, 3.8) is 0 Å². The molecule has 2 rings (SSSR count). The number of carbonyl (C=O) groups excluding carboxylic acids is 1. The van der Waals surface area contributed by atoms with Gasteiger partial charge in [-0.05, 0) is 37.3 Å². The first kappa shape index (κ1) is 13.9. The van der Waals surface area contributed by atoms with Gasteiger partial charge in [0.05, 0.1) is 5.69 Å². The Bertz CT molecular complexity index is 680. The molecule has 1 N–H and O–H groups in total. The highest BCUT2D eigenvalue weighted by atomic mass is 19.1. The first-order chi connectivity index (χ1) is 9.52. The number of nitrogens with one attached hydrogen (secondary N) is 1. The maximum atomic E-state index is 12.9. The number of benzene rings is 1. The third kappa shape index (κ3) is 2.74. The van der Waals surface area contributed by atoms with Gasteiger partial charge in [0.2, 0.25) is 5.91 Å². The van der Waals surface area contributed by atoms with Gasteiger partial charge in [0, 0.05) is 18.7 Å². The zero-order chi connectivity index (χ0) is 14.7. The summed E-state index contributed by atoms with van der Waals surface area (Å²) < 4.78 is 14.0. The average molecular weight is 275 g/mol. The molecule has 0 aliphatic carbocycles. The van der Waals surface area contributed by atoms with E-state index < -0.39 is 6.04 Å². The Labute approximate surface area is 115 Å². The number of halogens is 1. The van der Waals surface area contributed by atoms with Gasteiger partial charge in [-0.25, -0.2) is 9.07 Å². The van der Waals surface area contributed by atoms with Crippen molar-refractivity contribution in [1.82, 2.24) is 15.1 Å². The average Bonchev–Trinajstić information content (AvgIpc) is 2.47. The maximum Gasteiger partial charge on any atom is 0.267 e. The molecule has 1 amide bonds. The molecule has 0 radical (unpaired) electrons. The highest BCUT2D eigenvalue weighted by Crippen LogP contribution is 2.16. The molecule has 0 fully saturated rings. The fourth-order valence-electron chi connectivity index (χ4n) is 1.80. The molecule has 2 aromatic rings. The molecule has 1 atom stereocenters. The molecular weight excluding hydrogens is 261 g/mol. The molecule has 5 nitrogen and oxygen atoms in total. The van der Waals surface area contributed by atoms with Crippen LogP contribution in [0.25, 0.3) is 11.3 Å². The number of nitrogens with zero attached hydrogens (tertiary/aromatic N) is 2. The predicted octanol–water partition coefficient (Wildman–Crippen LogP) is 1.36. The van der Waals surface area contributed by atoms with E-state index in [1.54, 1.807) is 25.1 Å². The van der Waals surface area contributed by atoms with Crippen molar-refractivity contribution >= 4 is 5.91 Å². The topological polar surface area (TPSA) is 64.0 Å². The van der Waals surface area contributed by atoms with E-state index in [0.29, 0.717) is 11.3 Å². The number of likely N-dealkylation sites (N-methyl/N-ethyl adjacent to an activating group) is 1. The van der Waals surface area contributed by atoms with Crippen LogP contribution < -0.4 is 10.9 Å². The molecular formula is C14H14FN3O2. The van der Waals surface area contributed by atoms with Crippen LogP contribution >= 0.6 is 0 Å². The van der Waals surface area contributed by atoms with Crippen molar-refractivity contribution in [3.05, 3.63) is 52.6 Å². The summed E-state index contributed by atoms with van der Waals surface area (Å²) >= 11 is 0. The number of hydrogen-bond acceptors (Lipinski definition) is 3. The molecule has 1 unspecified atom stereocenters. The highest BCUT2D eigenvalue weighted by molar-refractivity contribution is 5.79. The second-order valence-electron chi connectivity index (χ2n) is 4.30. The largest absolute Gasteiger partial charge is 0.357 e. The standard InChI is InChI=1S/C14H14FN3O2/c1-9(14(20)16-2)18-13(19)8-7-12(17-18)10-3-5-11(15)6-4-10/h3-9H,1-2H3,(H,16,20). The van der Waals surface area contributed by atoms with Crippen LogP contribution in [0.1, 0.15) is 13.0 Å². The second kappa shape index (κ2) is 5.64. The van der Waals surface area contributed by atoms with Crippen LogP contribution in [0.3, 0.4) is 0 Å². The van der Waals surface area contributed by atoms with Crippen LogP contribution in [0.2, 0.25) is 0 Å². The van der Waals surface area contributed by atoms with Gasteiger partial charge in [-0.1, -0.05) is 0 Å². The Morgan fingerprint density at radius 1 is 1.25 bits per heavy atom. The lowest BCUT2D eigenvalue weighted by Gasteiger charge is -2.13. The summed E-state index contributed by atoms with van der Waals surface area (Å²) in [5.41, 5.74) is 0.802. The minimum atomic E-state index is -0.715. The Morgan fingerprint density at radius 3 is 2.50 bits per heavy atom. The minimum Gasteiger partial charge on any atom is -0.357 e. The van der Waals surface area contributed by atoms with E-state index in [9.17, 15) is 14.0 Å². The summed E-state index contributed by atoms with van der Waals surface area (Å²) in [6.45, 7) is 1.58. The third-order valence-corrected chi connectivity index (χ3v) is 2.96. The van der Waals surface area contributed by atoms with Gasteiger partial charge >= 0.3 is 0 Å². The van der Waals surface area contributed by atoms with Crippen molar-refractivity contribution in [3.8, 4) is 11.3 Å². The summed E-state index contributed by atoms with van der Waals surface area (Å²) in [6, 6.07) is 7.93. The van der Waals surface area contributed by atoms with Crippen LogP contribution in [0.15, 0.2) is 41.2 Å². The quantitative estimate of drug-likeness (QED) is 0.919. The van der Waals surface area contributed by atoms with E-state index in [0.717, 1.165) is 4.68 Å². The van der Waals surface area contributed by atoms with Crippen molar-refractivity contribution in [2.45, 2.75) is 13.0 Å². The highest BCUT2D eigenvalue weighted by Gasteiger charge is 2.16. The lowest BCUT2D eigenvalue weighted by molar-refractivity contribution is -0.123. The number of rotatable bonds is 3. The summed E-state index contributed by atoms with van der Waals surface area (Å²) in [5.74, 6) is -0.656. The molecule has 0 spiro atoms. The number of carbonyl (C=O) groups is 1. The van der Waals surface area contributed by atoms with Crippen LogP contribution in [-0.2, 0) is 4.79 Å². The molecule has 1 aromatic carbocycles. The number of hydrogen-bond donors (Lipinski definition) is 1. The maximum absolute atomic E-state index is 12.9. The Kier molecular flexibility index (Phi) is 3.93. The van der Waals surface area contributed by atoms with Gasteiger partial charge in [-0.3, -0.25) is 9.59 Å². The van der Waals surface area contributed by atoms with E-state index in [-0.39, 0.29) is 17.3 Å². The number of amides is 1. The van der Waals surface area contributed by atoms with Crippen molar-refractivity contribution in [2.24, 2.45) is 0 Å². The van der Waals surface area contributed by atoms with Crippen LogP contribution in [0.5, 0.6) is 0 Å². The molecule has 0 bridgehead atoms. The van der Waals surface area contributed by atoms with Gasteiger partial charge < -0.3 is 5.32 Å². The normalized spacial score (nSPS) is 11.9. The summed E-state index contributed by atoms with van der Waals surface area (Å²) in [5, 5.41) is 6.63. The molecule has 1 aromatic heterocycles. The molecule has 6 heteroatoms. The van der Waals surface area contributed by atoms with E-state index in [1.807, 2.05) is 0 Å². The van der Waals surface area contributed by atoms with Crippen molar-refractivity contribution < 1.29 is 9.18 Å². The third-order valence-electron chi connectivity index (χ3n) is 2.96. The first-order valence-corrected chi connectivity index (χ1v) is 6.10. The second-order valence-corrected chi connectivity index (χ2v) is 4.30.